The molecule has 0 bridgehead atoms. The van der Waals surface area contributed by atoms with Gasteiger partial charge in [-0.2, -0.15) is 5.10 Å². The van der Waals surface area contributed by atoms with Crippen LogP contribution >= 0.6 is 0 Å². The number of nitrogens with one attached hydrogen (secondary N) is 1. The summed E-state index contributed by atoms with van der Waals surface area (Å²) >= 11 is 0. The summed E-state index contributed by atoms with van der Waals surface area (Å²) in [5.41, 5.74) is 9.24. The van der Waals surface area contributed by atoms with Gasteiger partial charge < -0.3 is 5.73 Å². The Morgan fingerprint density at radius 1 is 1.40 bits per heavy atom. The Bertz CT molecular complexity index is 658. The molecule has 106 valence electrons. The SMILES string of the molecule is CCc1c(C)nn(Cc2cccc(C(=N)N)c2F)c1C. The lowest BCUT2D eigenvalue weighted by atomic mass is 10.1. The van der Waals surface area contributed by atoms with E-state index in [1.54, 1.807) is 16.8 Å². The summed E-state index contributed by atoms with van der Waals surface area (Å²) in [5.74, 6) is -0.697. The van der Waals surface area contributed by atoms with Gasteiger partial charge in [0, 0.05) is 11.3 Å². The lowest BCUT2D eigenvalue weighted by Crippen LogP contribution is -2.15. The number of nitrogen functional groups attached to an aromatic ring is 1. The molecule has 0 saturated heterocycles. The van der Waals surface area contributed by atoms with E-state index in [4.69, 9.17) is 11.1 Å². The van der Waals surface area contributed by atoms with Crippen LogP contribution in [-0.2, 0) is 13.0 Å². The van der Waals surface area contributed by atoms with Crippen LogP contribution in [0.3, 0.4) is 0 Å². The number of aryl methyl sites for hydroxylation is 1. The average Bonchev–Trinajstić information content (AvgIpc) is 2.66. The number of hydrogen-bond acceptors (Lipinski definition) is 2. The van der Waals surface area contributed by atoms with Crippen LogP contribution in [0, 0.1) is 25.1 Å². The van der Waals surface area contributed by atoms with E-state index in [0.29, 0.717) is 12.1 Å². The Morgan fingerprint density at radius 2 is 2.10 bits per heavy atom. The summed E-state index contributed by atoms with van der Waals surface area (Å²) in [4.78, 5) is 0. The Balaban J connectivity index is 2.41. The number of hydrogen-bond donors (Lipinski definition) is 2. The Kier molecular flexibility index (Phi) is 3.88. The molecule has 0 spiro atoms. The molecule has 0 unspecified atom stereocenters. The van der Waals surface area contributed by atoms with Gasteiger partial charge in [-0.1, -0.05) is 19.1 Å². The minimum Gasteiger partial charge on any atom is -0.384 e. The third-order valence-electron chi connectivity index (χ3n) is 3.57. The summed E-state index contributed by atoms with van der Waals surface area (Å²) < 4.78 is 16.1. The van der Waals surface area contributed by atoms with E-state index in [-0.39, 0.29) is 11.4 Å². The molecule has 4 nitrogen and oxygen atoms in total. The number of aromatic nitrogens is 2. The van der Waals surface area contributed by atoms with Crippen molar-refractivity contribution in [3.05, 3.63) is 52.1 Å². The highest BCUT2D eigenvalue weighted by Gasteiger charge is 2.14. The third kappa shape index (κ3) is 2.43. The molecule has 0 aliphatic heterocycles. The van der Waals surface area contributed by atoms with E-state index in [1.807, 2.05) is 13.8 Å². The van der Waals surface area contributed by atoms with Crippen LogP contribution in [0.4, 0.5) is 4.39 Å². The zero-order chi connectivity index (χ0) is 14.9. The fourth-order valence-electron chi connectivity index (χ4n) is 2.47. The number of nitrogens with two attached hydrogens (primary N) is 1. The zero-order valence-corrected chi connectivity index (χ0v) is 12.0. The number of rotatable bonds is 4. The van der Waals surface area contributed by atoms with Gasteiger partial charge in [0.1, 0.15) is 11.7 Å². The van der Waals surface area contributed by atoms with E-state index in [2.05, 4.69) is 12.0 Å². The predicted octanol–water partition coefficient (Wildman–Crippen LogP) is 2.53. The van der Waals surface area contributed by atoms with Gasteiger partial charge in [0.25, 0.3) is 0 Å². The highest BCUT2D eigenvalue weighted by atomic mass is 19.1. The van der Waals surface area contributed by atoms with Crippen LogP contribution in [0.1, 0.15) is 35.0 Å². The van der Waals surface area contributed by atoms with Gasteiger partial charge in [-0.15, -0.1) is 0 Å². The van der Waals surface area contributed by atoms with Gasteiger partial charge in [-0.3, -0.25) is 10.1 Å². The van der Waals surface area contributed by atoms with Crippen molar-refractivity contribution in [3.8, 4) is 0 Å². The smallest absolute Gasteiger partial charge is 0.139 e. The molecular formula is C15H19FN4. The van der Waals surface area contributed by atoms with Crippen molar-refractivity contribution < 1.29 is 4.39 Å². The molecule has 3 N–H and O–H groups in total. The van der Waals surface area contributed by atoms with Crippen molar-refractivity contribution in [2.24, 2.45) is 5.73 Å². The minimum atomic E-state index is -0.439. The Morgan fingerprint density at radius 3 is 2.65 bits per heavy atom. The van der Waals surface area contributed by atoms with Crippen LogP contribution in [0.25, 0.3) is 0 Å². The van der Waals surface area contributed by atoms with Crippen LogP contribution in [0.5, 0.6) is 0 Å². The highest BCUT2D eigenvalue weighted by Crippen LogP contribution is 2.18. The predicted molar refractivity (Wildman–Crippen MR) is 77.6 cm³/mol. The van der Waals surface area contributed by atoms with Gasteiger partial charge in [0.05, 0.1) is 17.8 Å². The normalized spacial score (nSPS) is 10.8. The Hall–Kier alpha value is -2.17. The number of benzene rings is 1. The largest absolute Gasteiger partial charge is 0.384 e. The second kappa shape index (κ2) is 5.45. The molecule has 2 aromatic rings. The van der Waals surface area contributed by atoms with E-state index < -0.39 is 5.82 Å². The maximum absolute atomic E-state index is 14.3. The van der Waals surface area contributed by atoms with Crippen LogP contribution in [-0.4, -0.2) is 15.6 Å². The molecule has 0 aliphatic rings. The molecule has 0 atom stereocenters. The van der Waals surface area contributed by atoms with E-state index in [0.717, 1.165) is 17.8 Å². The van der Waals surface area contributed by atoms with Crippen molar-refractivity contribution in [3.63, 3.8) is 0 Å². The fourth-order valence-corrected chi connectivity index (χ4v) is 2.47. The molecule has 0 radical (unpaired) electrons. The standard InChI is InChI=1S/C15H19FN4/c1-4-12-9(2)19-20(10(12)3)8-11-6-5-7-13(14(11)16)15(17)18/h5-7H,4,8H2,1-3H3,(H3,17,18). The summed E-state index contributed by atoms with van der Waals surface area (Å²) in [6.45, 7) is 6.38. The monoisotopic (exact) mass is 274 g/mol. The first kappa shape index (κ1) is 14.2. The second-order valence-electron chi connectivity index (χ2n) is 4.85. The molecule has 1 aromatic heterocycles. The number of amidine groups is 1. The van der Waals surface area contributed by atoms with Crippen molar-refractivity contribution in [1.29, 1.82) is 5.41 Å². The van der Waals surface area contributed by atoms with Gasteiger partial charge in [-0.05, 0) is 31.9 Å². The van der Waals surface area contributed by atoms with Crippen molar-refractivity contribution in [2.45, 2.75) is 33.7 Å². The molecule has 0 fully saturated rings. The van der Waals surface area contributed by atoms with Gasteiger partial charge in [0.15, 0.2) is 0 Å². The minimum absolute atomic E-state index is 0.139. The lowest BCUT2D eigenvalue weighted by Gasteiger charge is -2.09. The third-order valence-corrected chi connectivity index (χ3v) is 3.57. The second-order valence-corrected chi connectivity index (χ2v) is 4.85. The summed E-state index contributed by atoms with van der Waals surface area (Å²) in [6.07, 6.45) is 0.910. The summed E-state index contributed by atoms with van der Waals surface area (Å²) in [7, 11) is 0. The molecular weight excluding hydrogens is 255 g/mol. The van der Waals surface area contributed by atoms with Crippen LogP contribution < -0.4 is 5.73 Å². The maximum atomic E-state index is 14.3. The first-order chi connectivity index (χ1) is 9.45. The van der Waals surface area contributed by atoms with E-state index >= 15 is 0 Å². The zero-order valence-electron chi connectivity index (χ0n) is 12.0. The van der Waals surface area contributed by atoms with Crippen LogP contribution in [0.15, 0.2) is 18.2 Å². The molecule has 0 amide bonds. The molecule has 20 heavy (non-hydrogen) atoms. The molecule has 1 heterocycles. The topological polar surface area (TPSA) is 67.7 Å². The van der Waals surface area contributed by atoms with Gasteiger partial charge in [0.2, 0.25) is 0 Å². The van der Waals surface area contributed by atoms with Crippen LogP contribution in [0.2, 0.25) is 0 Å². The van der Waals surface area contributed by atoms with E-state index in [1.165, 1.54) is 11.6 Å². The lowest BCUT2D eigenvalue weighted by molar-refractivity contribution is 0.576. The van der Waals surface area contributed by atoms with Crippen molar-refractivity contribution in [2.75, 3.05) is 0 Å². The molecule has 5 heteroatoms. The Labute approximate surface area is 117 Å². The maximum Gasteiger partial charge on any atom is 0.139 e. The first-order valence-electron chi connectivity index (χ1n) is 6.60. The van der Waals surface area contributed by atoms with Gasteiger partial charge in [-0.25, -0.2) is 4.39 Å². The summed E-state index contributed by atoms with van der Waals surface area (Å²) in [5, 5.41) is 11.8. The number of nitrogens with zero attached hydrogens (tertiary/aromatic N) is 2. The molecule has 1 aromatic carbocycles. The van der Waals surface area contributed by atoms with Gasteiger partial charge >= 0.3 is 0 Å². The van der Waals surface area contributed by atoms with Crippen molar-refractivity contribution >= 4 is 5.84 Å². The molecule has 0 saturated carbocycles. The summed E-state index contributed by atoms with van der Waals surface area (Å²) in [6, 6.07) is 4.92. The number of halogens is 1. The molecule has 0 aliphatic carbocycles. The average molecular weight is 274 g/mol. The first-order valence-corrected chi connectivity index (χ1v) is 6.60. The quantitative estimate of drug-likeness (QED) is 0.664. The van der Waals surface area contributed by atoms with E-state index in [9.17, 15) is 4.39 Å². The molecule has 2 rings (SSSR count). The fraction of sp³-hybridized carbons (Fsp3) is 0.333. The van der Waals surface area contributed by atoms with Crippen molar-refractivity contribution in [1.82, 2.24) is 9.78 Å². The highest BCUT2D eigenvalue weighted by molar-refractivity contribution is 5.95.